The van der Waals surface area contributed by atoms with Gasteiger partial charge in [0.15, 0.2) is 0 Å². The average Bonchev–Trinajstić information content (AvgIpc) is 2.89. The second-order valence-corrected chi connectivity index (χ2v) is 5.82. The van der Waals surface area contributed by atoms with Crippen LogP contribution in [0.3, 0.4) is 0 Å². The molecular weight excluding hydrogens is 208 g/mol. The summed E-state index contributed by atoms with van der Waals surface area (Å²) in [6.07, 6.45) is 1.35. The van der Waals surface area contributed by atoms with Crippen molar-refractivity contribution in [3.63, 3.8) is 0 Å². The van der Waals surface area contributed by atoms with Crippen LogP contribution in [0.2, 0.25) is 0 Å². The summed E-state index contributed by atoms with van der Waals surface area (Å²) in [5.41, 5.74) is 2.76. The summed E-state index contributed by atoms with van der Waals surface area (Å²) >= 11 is 0. The largest absolute Gasteiger partial charge is 0.366 e. The standard InChI is InChI=1S/C15H22N2/c1-11(2)16-9-15-8-14(16)10-17(15)13-6-4-12(3)5-7-13/h4-7,11,14-15H,8-10H2,1-3H3/t14-,15-/m0/s1. The first-order valence-electron chi connectivity index (χ1n) is 6.74. The van der Waals surface area contributed by atoms with E-state index in [9.17, 15) is 0 Å². The molecule has 3 rings (SSSR count). The summed E-state index contributed by atoms with van der Waals surface area (Å²) in [4.78, 5) is 5.26. The minimum atomic E-state index is 0.699. The molecule has 92 valence electrons. The highest BCUT2D eigenvalue weighted by Crippen LogP contribution is 2.35. The molecule has 1 aromatic rings. The van der Waals surface area contributed by atoms with Crippen LogP contribution in [0.5, 0.6) is 0 Å². The summed E-state index contributed by atoms with van der Waals surface area (Å²) < 4.78 is 0. The highest BCUT2D eigenvalue weighted by atomic mass is 15.4. The lowest BCUT2D eigenvalue weighted by Gasteiger charge is -2.37. The van der Waals surface area contributed by atoms with Crippen LogP contribution in [-0.2, 0) is 0 Å². The molecule has 2 bridgehead atoms. The number of hydrogen-bond acceptors (Lipinski definition) is 2. The fourth-order valence-corrected chi connectivity index (χ4v) is 3.38. The Labute approximate surface area is 104 Å². The lowest BCUT2D eigenvalue weighted by molar-refractivity contribution is 0.191. The van der Waals surface area contributed by atoms with E-state index >= 15 is 0 Å². The smallest absolute Gasteiger partial charge is 0.0433 e. The van der Waals surface area contributed by atoms with E-state index < -0.39 is 0 Å². The molecule has 1 aromatic carbocycles. The summed E-state index contributed by atoms with van der Waals surface area (Å²) in [6, 6.07) is 11.2. The highest BCUT2D eigenvalue weighted by molar-refractivity contribution is 5.51. The van der Waals surface area contributed by atoms with Crippen LogP contribution in [0.4, 0.5) is 5.69 Å². The van der Waals surface area contributed by atoms with Crippen LogP contribution in [0.15, 0.2) is 24.3 Å². The Kier molecular flexibility index (Phi) is 2.62. The van der Waals surface area contributed by atoms with E-state index in [0.29, 0.717) is 6.04 Å². The maximum Gasteiger partial charge on any atom is 0.0433 e. The monoisotopic (exact) mass is 230 g/mol. The third-order valence-corrected chi connectivity index (χ3v) is 4.31. The van der Waals surface area contributed by atoms with Gasteiger partial charge in [0.1, 0.15) is 0 Å². The number of hydrogen-bond donors (Lipinski definition) is 0. The third kappa shape index (κ3) is 1.85. The van der Waals surface area contributed by atoms with Crippen molar-refractivity contribution in [2.24, 2.45) is 0 Å². The zero-order valence-corrected chi connectivity index (χ0v) is 11.1. The van der Waals surface area contributed by atoms with E-state index in [2.05, 4.69) is 54.8 Å². The Balaban J connectivity index is 1.76. The topological polar surface area (TPSA) is 6.48 Å². The van der Waals surface area contributed by atoms with E-state index in [1.807, 2.05) is 0 Å². The molecule has 2 atom stereocenters. The van der Waals surface area contributed by atoms with Crippen molar-refractivity contribution < 1.29 is 0 Å². The van der Waals surface area contributed by atoms with Crippen molar-refractivity contribution in [2.75, 3.05) is 18.0 Å². The second kappa shape index (κ2) is 4.02. The molecular formula is C15H22N2. The Morgan fingerprint density at radius 1 is 1.06 bits per heavy atom. The molecule has 2 heteroatoms. The van der Waals surface area contributed by atoms with Gasteiger partial charge in [-0.25, -0.2) is 0 Å². The van der Waals surface area contributed by atoms with Crippen molar-refractivity contribution in [1.29, 1.82) is 0 Å². The van der Waals surface area contributed by atoms with Crippen LogP contribution >= 0.6 is 0 Å². The lowest BCUT2D eigenvalue weighted by atomic mass is 10.2. The lowest BCUT2D eigenvalue weighted by Crippen LogP contribution is -2.48. The predicted octanol–water partition coefficient (Wildman–Crippen LogP) is 2.67. The molecule has 0 amide bonds. The molecule has 0 saturated carbocycles. The molecule has 2 saturated heterocycles. The quantitative estimate of drug-likeness (QED) is 0.770. The number of likely N-dealkylation sites (tertiary alicyclic amines) is 1. The second-order valence-electron chi connectivity index (χ2n) is 5.82. The molecule has 0 aliphatic carbocycles. The number of fused-ring (bicyclic) bond motifs is 2. The first kappa shape index (κ1) is 11.1. The molecule has 2 aliphatic heterocycles. The molecule has 0 spiro atoms. The Morgan fingerprint density at radius 3 is 2.29 bits per heavy atom. The molecule has 17 heavy (non-hydrogen) atoms. The Hall–Kier alpha value is -1.02. The first-order valence-corrected chi connectivity index (χ1v) is 6.74. The average molecular weight is 230 g/mol. The van der Waals surface area contributed by atoms with Crippen molar-refractivity contribution in [2.45, 2.75) is 45.3 Å². The van der Waals surface area contributed by atoms with Gasteiger partial charge in [-0.2, -0.15) is 0 Å². The molecule has 2 aliphatic rings. The van der Waals surface area contributed by atoms with Crippen LogP contribution in [0, 0.1) is 6.92 Å². The molecule has 2 fully saturated rings. The summed E-state index contributed by atoms with van der Waals surface area (Å²) in [5.74, 6) is 0. The summed E-state index contributed by atoms with van der Waals surface area (Å²) in [5, 5.41) is 0. The van der Waals surface area contributed by atoms with Gasteiger partial charge >= 0.3 is 0 Å². The normalized spacial score (nSPS) is 28.4. The fourth-order valence-electron chi connectivity index (χ4n) is 3.38. The number of piperazine rings is 1. The van der Waals surface area contributed by atoms with E-state index in [4.69, 9.17) is 0 Å². The molecule has 0 aromatic heterocycles. The number of nitrogens with zero attached hydrogens (tertiary/aromatic N) is 2. The Morgan fingerprint density at radius 2 is 1.76 bits per heavy atom. The van der Waals surface area contributed by atoms with Gasteiger partial charge in [-0.15, -0.1) is 0 Å². The third-order valence-electron chi connectivity index (χ3n) is 4.31. The van der Waals surface area contributed by atoms with E-state index in [0.717, 1.165) is 12.1 Å². The van der Waals surface area contributed by atoms with Crippen molar-refractivity contribution in [1.82, 2.24) is 4.90 Å². The van der Waals surface area contributed by atoms with Crippen LogP contribution in [0.1, 0.15) is 25.8 Å². The van der Waals surface area contributed by atoms with Gasteiger partial charge in [0, 0.05) is 36.9 Å². The van der Waals surface area contributed by atoms with Crippen LogP contribution < -0.4 is 4.90 Å². The number of rotatable bonds is 2. The number of aryl methyl sites for hydroxylation is 1. The minimum Gasteiger partial charge on any atom is -0.366 e. The fraction of sp³-hybridized carbons (Fsp3) is 0.600. The highest BCUT2D eigenvalue weighted by Gasteiger charge is 2.43. The van der Waals surface area contributed by atoms with Gasteiger partial charge in [0.2, 0.25) is 0 Å². The molecule has 0 unspecified atom stereocenters. The predicted molar refractivity (Wildman–Crippen MR) is 72.6 cm³/mol. The van der Waals surface area contributed by atoms with Gasteiger partial charge in [-0.05, 0) is 39.3 Å². The van der Waals surface area contributed by atoms with Crippen molar-refractivity contribution in [3.05, 3.63) is 29.8 Å². The first-order chi connectivity index (χ1) is 8.15. The molecule has 0 radical (unpaired) electrons. The zero-order chi connectivity index (χ0) is 12.0. The summed E-state index contributed by atoms with van der Waals surface area (Å²) in [7, 11) is 0. The Bertz CT molecular complexity index is 396. The van der Waals surface area contributed by atoms with Crippen molar-refractivity contribution in [3.8, 4) is 0 Å². The van der Waals surface area contributed by atoms with Gasteiger partial charge in [0.25, 0.3) is 0 Å². The zero-order valence-electron chi connectivity index (χ0n) is 11.1. The summed E-state index contributed by atoms with van der Waals surface area (Å²) in [6.45, 7) is 9.25. The molecule has 0 N–H and O–H groups in total. The van der Waals surface area contributed by atoms with Crippen LogP contribution in [0.25, 0.3) is 0 Å². The van der Waals surface area contributed by atoms with Gasteiger partial charge in [-0.1, -0.05) is 17.7 Å². The van der Waals surface area contributed by atoms with E-state index in [1.165, 1.54) is 30.8 Å². The minimum absolute atomic E-state index is 0.699. The maximum absolute atomic E-state index is 2.66. The van der Waals surface area contributed by atoms with Crippen LogP contribution in [-0.4, -0.2) is 36.1 Å². The maximum atomic E-state index is 2.66. The van der Waals surface area contributed by atoms with Crippen molar-refractivity contribution >= 4 is 5.69 Å². The van der Waals surface area contributed by atoms with Gasteiger partial charge < -0.3 is 4.90 Å². The van der Waals surface area contributed by atoms with E-state index in [1.54, 1.807) is 0 Å². The van der Waals surface area contributed by atoms with Gasteiger partial charge in [0.05, 0.1) is 0 Å². The van der Waals surface area contributed by atoms with E-state index in [-0.39, 0.29) is 0 Å². The molecule has 2 heterocycles. The van der Waals surface area contributed by atoms with Gasteiger partial charge in [-0.3, -0.25) is 4.90 Å². The molecule has 2 nitrogen and oxygen atoms in total. The number of anilines is 1. The number of benzene rings is 1. The SMILES string of the molecule is Cc1ccc(N2C[C@@H]3C[C@H]2CN3C(C)C)cc1.